The Kier molecular flexibility index (Phi) is 4.12. The molecule has 0 spiro atoms. The summed E-state index contributed by atoms with van der Waals surface area (Å²) in [5, 5.41) is 4.91. The van der Waals surface area contributed by atoms with Gasteiger partial charge in [0.25, 0.3) is 0 Å². The molecule has 2 N–H and O–H groups in total. The van der Waals surface area contributed by atoms with Gasteiger partial charge >= 0.3 is 0 Å². The van der Waals surface area contributed by atoms with Crippen molar-refractivity contribution in [2.75, 3.05) is 6.54 Å². The first-order valence-corrected chi connectivity index (χ1v) is 6.51. The average Bonchev–Trinajstić information content (AvgIpc) is 2.79. The van der Waals surface area contributed by atoms with Crippen LogP contribution in [-0.2, 0) is 7.05 Å². The van der Waals surface area contributed by atoms with Gasteiger partial charge in [0, 0.05) is 30.4 Å². The summed E-state index contributed by atoms with van der Waals surface area (Å²) in [7, 11) is 1.87. The van der Waals surface area contributed by atoms with E-state index in [4.69, 9.17) is 22.1 Å². The second kappa shape index (κ2) is 5.63. The van der Waals surface area contributed by atoms with E-state index < -0.39 is 0 Å². The highest BCUT2D eigenvalue weighted by atomic mass is 35.5. The van der Waals surface area contributed by atoms with Gasteiger partial charge in [0.1, 0.15) is 11.9 Å². The topological polar surface area (TPSA) is 53.1 Å². The largest absolute Gasteiger partial charge is 0.484 e. The highest BCUT2D eigenvalue weighted by Crippen LogP contribution is 2.28. The first-order valence-electron chi connectivity index (χ1n) is 6.13. The van der Waals surface area contributed by atoms with Crippen LogP contribution in [0.3, 0.4) is 0 Å². The van der Waals surface area contributed by atoms with E-state index in [9.17, 15) is 0 Å². The Morgan fingerprint density at radius 2 is 2.00 bits per heavy atom. The van der Waals surface area contributed by atoms with Crippen molar-refractivity contribution in [1.29, 1.82) is 0 Å². The van der Waals surface area contributed by atoms with Gasteiger partial charge in [-0.1, -0.05) is 11.6 Å². The van der Waals surface area contributed by atoms with Gasteiger partial charge in [0.2, 0.25) is 0 Å². The number of hydrogen-bond donors (Lipinski definition) is 1. The SMILES string of the molecule is Cc1cc(OC(CN)c2cnn(C)c2)cc(C)c1Cl. The van der Waals surface area contributed by atoms with E-state index in [1.54, 1.807) is 10.9 Å². The number of nitrogens with zero attached hydrogens (tertiary/aromatic N) is 2. The lowest BCUT2D eigenvalue weighted by molar-refractivity contribution is 0.214. The number of ether oxygens (including phenoxy) is 1. The highest BCUT2D eigenvalue weighted by molar-refractivity contribution is 6.32. The maximum absolute atomic E-state index is 6.15. The third-order valence-corrected chi connectivity index (χ3v) is 3.60. The van der Waals surface area contributed by atoms with E-state index in [-0.39, 0.29) is 6.10 Å². The van der Waals surface area contributed by atoms with Crippen LogP contribution in [0.1, 0.15) is 22.8 Å². The molecule has 0 radical (unpaired) electrons. The number of nitrogens with two attached hydrogens (primary N) is 1. The molecule has 1 aromatic heterocycles. The molecule has 5 heteroatoms. The third-order valence-electron chi connectivity index (χ3n) is 3.00. The molecule has 0 amide bonds. The Hall–Kier alpha value is -1.52. The van der Waals surface area contributed by atoms with Gasteiger partial charge in [0.05, 0.1) is 6.20 Å². The fourth-order valence-electron chi connectivity index (χ4n) is 2.00. The second-order valence-corrected chi connectivity index (χ2v) is 5.04. The normalized spacial score (nSPS) is 12.5. The van der Waals surface area contributed by atoms with Crippen molar-refractivity contribution in [1.82, 2.24) is 9.78 Å². The molecule has 2 rings (SSSR count). The fourth-order valence-corrected chi connectivity index (χ4v) is 2.11. The minimum absolute atomic E-state index is 0.200. The molecule has 19 heavy (non-hydrogen) atoms. The van der Waals surface area contributed by atoms with E-state index in [0.29, 0.717) is 6.54 Å². The number of aromatic nitrogens is 2. The lowest BCUT2D eigenvalue weighted by Crippen LogP contribution is -2.18. The third kappa shape index (κ3) is 3.08. The summed E-state index contributed by atoms with van der Waals surface area (Å²) in [6, 6.07) is 3.85. The molecule has 2 aromatic rings. The molecule has 1 heterocycles. The zero-order chi connectivity index (χ0) is 14.0. The van der Waals surface area contributed by atoms with Crippen molar-refractivity contribution >= 4 is 11.6 Å². The minimum atomic E-state index is -0.200. The van der Waals surface area contributed by atoms with Crippen molar-refractivity contribution in [2.45, 2.75) is 20.0 Å². The van der Waals surface area contributed by atoms with Crippen molar-refractivity contribution in [3.05, 3.63) is 46.2 Å². The van der Waals surface area contributed by atoms with E-state index in [2.05, 4.69) is 5.10 Å². The van der Waals surface area contributed by atoms with Gasteiger partial charge in [-0.3, -0.25) is 4.68 Å². The molecule has 0 aliphatic heterocycles. The van der Waals surface area contributed by atoms with Crippen LogP contribution in [0.2, 0.25) is 5.02 Å². The molecule has 1 atom stereocenters. The maximum Gasteiger partial charge on any atom is 0.139 e. The van der Waals surface area contributed by atoms with Crippen LogP contribution < -0.4 is 10.5 Å². The zero-order valence-corrected chi connectivity index (χ0v) is 12.1. The van der Waals surface area contributed by atoms with Crippen molar-refractivity contribution in [3.63, 3.8) is 0 Å². The van der Waals surface area contributed by atoms with Crippen molar-refractivity contribution in [3.8, 4) is 5.75 Å². The summed E-state index contributed by atoms with van der Waals surface area (Å²) in [4.78, 5) is 0. The van der Waals surface area contributed by atoms with Gasteiger partial charge in [-0.05, 0) is 37.1 Å². The van der Waals surface area contributed by atoms with Gasteiger partial charge in [-0.15, -0.1) is 0 Å². The van der Waals surface area contributed by atoms with Gasteiger partial charge < -0.3 is 10.5 Å². The summed E-state index contributed by atoms with van der Waals surface area (Å²) in [5.41, 5.74) is 8.75. The molecule has 4 nitrogen and oxygen atoms in total. The first-order chi connectivity index (χ1) is 9.01. The van der Waals surface area contributed by atoms with Crippen LogP contribution in [0.5, 0.6) is 5.75 Å². The Morgan fingerprint density at radius 1 is 1.37 bits per heavy atom. The smallest absolute Gasteiger partial charge is 0.139 e. The van der Waals surface area contributed by atoms with Crippen LogP contribution in [-0.4, -0.2) is 16.3 Å². The van der Waals surface area contributed by atoms with Crippen LogP contribution in [0.15, 0.2) is 24.5 Å². The zero-order valence-electron chi connectivity index (χ0n) is 11.4. The molecule has 0 aliphatic carbocycles. The number of rotatable bonds is 4. The molecule has 0 aliphatic rings. The molecule has 0 saturated heterocycles. The molecule has 1 unspecified atom stereocenters. The van der Waals surface area contributed by atoms with Crippen LogP contribution in [0, 0.1) is 13.8 Å². The Morgan fingerprint density at radius 3 is 2.47 bits per heavy atom. The Balaban J connectivity index is 2.23. The molecular weight excluding hydrogens is 262 g/mol. The number of benzene rings is 1. The minimum Gasteiger partial charge on any atom is -0.484 e. The Bertz CT molecular complexity index is 557. The van der Waals surface area contributed by atoms with Gasteiger partial charge in [-0.2, -0.15) is 5.10 Å². The molecule has 0 bridgehead atoms. The average molecular weight is 280 g/mol. The number of aryl methyl sites for hydroxylation is 3. The maximum atomic E-state index is 6.15. The summed E-state index contributed by atoms with van der Waals surface area (Å²) in [5.74, 6) is 0.777. The van der Waals surface area contributed by atoms with E-state index in [0.717, 1.165) is 27.5 Å². The van der Waals surface area contributed by atoms with E-state index in [1.807, 2.05) is 39.2 Å². The Labute approximate surface area is 118 Å². The van der Waals surface area contributed by atoms with Crippen molar-refractivity contribution in [2.24, 2.45) is 12.8 Å². The second-order valence-electron chi connectivity index (χ2n) is 4.66. The standard InChI is InChI=1S/C14H18ClN3O/c1-9-4-12(5-10(2)14(9)15)19-13(6-16)11-7-17-18(3)8-11/h4-5,7-8,13H,6,16H2,1-3H3. The summed E-state index contributed by atoms with van der Waals surface area (Å²) in [6.07, 6.45) is 3.48. The summed E-state index contributed by atoms with van der Waals surface area (Å²) in [6.45, 7) is 4.32. The summed E-state index contributed by atoms with van der Waals surface area (Å²) < 4.78 is 7.68. The van der Waals surface area contributed by atoms with Crippen molar-refractivity contribution < 1.29 is 4.74 Å². The van der Waals surface area contributed by atoms with Gasteiger partial charge in [-0.25, -0.2) is 0 Å². The molecule has 0 saturated carbocycles. The molecular formula is C14H18ClN3O. The lowest BCUT2D eigenvalue weighted by Gasteiger charge is -2.17. The van der Waals surface area contributed by atoms with E-state index >= 15 is 0 Å². The fraction of sp³-hybridized carbons (Fsp3) is 0.357. The molecule has 1 aromatic carbocycles. The van der Waals surface area contributed by atoms with Crippen LogP contribution >= 0.6 is 11.6 Å². The number of hydrogen-bond acceptors (Lipinski definition) is 3. The summed E-state index contributed by atoms with van der Waals surface area (Å²) >= 11 is 6.15. The monoisotopic (exact) mass is 279 g/mol. The quantitative estimate of drug-likeness (QED) is 0.936. The van der Waals surface area contributed by atoms with E-state index in [1.165, 1.54) is 0 Å². The van der Waals surface area contributed by atoms with Crippen LogP contribution in [0.4, 0.5) is 0 Å². The first kappa shape index (κ1) is 13.9. The molecule has 102 valence electrons. The molecule has 0 fully saturated rings. The predicted molar refractivity (Wildman–Crippen MR) is 76.6 cm³/mol. The highest BCUT2D eigenvalue weighted by Gasteiger charge is 2.14. The predicted octanol–water partition coefficient (Wildman–Crippen LogP) is 2.77. The number of halogens is 1. The lowest BCUT2D eigenvalue weighted by atomic mass is 10.1. The van der Waals surface area contributed by atoms with Crippen LogP contribution in [0.25, 0.3) is 0 Å². The van der Waals surface area contributed by atoms with Gasteiger partial charge in [0.15, 0.2) is 0 Å².